The van der Waals surface area contributed by atoms with Gasteiger partial charge in [0.25, 0.3) is 0 Å². The third-order valence-electron chi connectivity index (χ3n) is 1.97. The molecule has 0 spiro atoms. The zero-order chi connectivity index (χ0) is 12.1. The van der Waals surface area contributed by atoms with Crippen LogP contribution in [0.1, 0.15) is 12.6 Å². The predicted molar refractivity (Wildman–Crippen MR) is 63.2 cm³/mol. The Bertz CT molecular complexity index is 487. The Kier molecular flexibility index (Phi) is 3.95. The van der Waals surface area contributed by atoms with E-state index in [4.69, 9.17) is 20.8 Å². The van der Waals surface area contributed by atoms with Gasteiger partial charge in [0, 0.05) is 18.8 Å². The number of halogens is 1. The van der Waals surface area contributed by atoms with Crippen LogP contribution in [0.5, 0.6) is 11.8 Å². The van der Waals surface area contributed by atoms with E-state index in [0.29, 0.717) is 17.3 Å². The summed E-state index contributed by atoms with van der Waals surface area (Å²) in [5.41, 5.74) is 0.789. The lowest BCUT2D eigenvalue weighted by Gasteiger charge is -1.99. The second-order valence-electron chi connectivity index (χ2n) is 3.33. The maximum Gasteiger partial charge on any atom is 0.399 e. The molecule has 0 amide bonds. The van der Waals surface area contributed by atoms with Crippen LogP contribution in [0.15, 0.2) is 29.1 Å². The minimum Gasteiger partial charge on any atom is -0.417 e. The smallest absolute Gasteiger partial charge is 0.399 e. The Balaban J connectivity index is 2.01. The van der Waals surface area contributed by atoms with Crippen molar-refractivity contribution in [2.24, 2.45) is 0 Å². The van der Waals surface area contributed by atoms with E-state index in [9.17, 15) is 0 Å². The van der Waals surface area contributed by atoms with Gasteiger partial charge in [-0.2, -0.15) is 4.98 Å². The fourth-order valence-corrected chi connectivity index (χ4v) is 1.38. The lowest BCUT2D eigenvalue weighted by Crippen LogP contribution is -2.11. The Morgan fingerprint density at radius 3 is 3.12 bits per heavy atom. The fourth-order valence-electron chi connectivity index (χ4n) is 1.22. The van der Waals surface area contributed by atoms with E-state index in [0.717, 1.165) is 12.2 Å². The lowest BCUT2D eigenvalue weighted by molar-refractivity contribution is 0.330. The van der Waals surface area contributed by atoms with Gasteiger partial charge in [-0.1, -0.05) is 18.5 Å². The number of hydrogen-bond donors (Lipinski definition) is 1. The maximum atomic E-state index is 5.78. The molecule has 17 heavy (non-hydrogen) atoms. The van der Waals surface area contributed by atoms with E-state index in [1.165, 1.54) is 6.20 Å². The molecule has 90 valence electrons. The number of nitrogens with zero attached hydrogens (tertiary/aromatic N) is 2. The van der Waals surface area contributed by atoms with Crippen molar-refractivity contribution in [3.8, 4) is 11.8 Å². The Labute approximate surface area is 104 Å². The molecule has 0 aromatic carbocycles. The van der Waals surface area contributed by atoms with Crippen LogP contribution in [-0.2, 0) is 6.54 Å². The first-order valence-corrected chi connectivity index (χ1v) is 5.59. The summed E-state index contributed by atoms with van der Waals surface area (Å²) in [6.45, 7) is 3.55. The first-order chi connectivity index (χ1) is 8.28. The third kappa shape index (κ3) is 3.44. The van der Waals surface area contributed by atoms with Crippen LogP contribution in [0.4, 0.5) is 0 Å². The Morgan fingerprint density at radius 1 is 1.47 bits per heavy atom. The molecule has 6 heteroatoms. The topological polar surface area (TPSA) is 60.2 Å². The van der Waals surface area contributed by atoms with Gasteiger partial charge in [-0.25, -0.2) is 0 Å². The fraction of sp³-hybridized carbons (Fsp3) is 0.273. The van der Waals surface area contributed by atoms with Gasteiger partial charge in [0.2, 0.25) is 0 Å². The number of rotatable bonds is 5. The number of nitrogens with one attached hydrogen (secondary N) is 1. The molecule has 5 nitrogen and oxygen atoms in total. The summed E-state index contributed by atoms with van der Waals surface area (Å²) in [7, 11) is 0. The van der Waals surface area contributed by atoms with Crippen molar-refractivity contribution in [3.05, 3.63) is 35.4 Å². The summed E-state index contributed by atoms with van der Waals surface area (Å²) in [6, 6.07) is 1.64. The molecule has 0 saturated heterocycles. The van der Waals surface area contributed by atoms with Gasteiger partial charge < -0.3 is 14.5 Å². The summed E-state index contributed by atoms with van der Waals surface area (Å²) < 4.78 is 10.5. The van der Waals surface area contributed by atoms with Gasteiger partial charge in [-0.15, -0.1) is 0 Å². The molecule has 0 aliphatic carbocycles. The predicted octanol–water partition coefficient (Wildman–Crippen LogP) is 2.62. The van der Waals surface area contributed by atoms with Gasteiger partial charge in [0.1, 0.15) is 6.26 Å². The summed E-state index contributed by atoms with van der Waals surface area (Å²) in [4.78, 5) is 8.05. The van der Waals surface area contributed by atoms with Crippen LogP contribution in [0.3, 0.4) is 0 Å². The number of pyridine rings is 1. The van der Waals surface area contributed by atoms with Crippen LogP contribution in [0, 0.1) is 0 Å². The van der Waals surface area contributed by atoms with Crippen LogP contribution in [0.2, 0.25) is 5.02 Å². The van der Waals surface area contributed by atoms with Crippen molar-refractivity contribution in [2.45, 2.75) is 13.5 Å². The Morgan fingerprint density at radius 2 is 2.35 bits per heavy atom. The molecule has 0 fully saturated rings. The Hall–Kier alpha value is -1.59. The van der Waals surface area contributed by atoms with Crippen molar-refractivity contribution in [1.29, 1.82) is 0 Å². The average Bonchev–Trinajstić information content (AvgIpc) is 2.74. The molecule has 0 saturated carbocycles. The maximum absolute atomic E-state index is 5.78. The van der Waals surface area contributed by atoms with Crippen LogP contribution >= 0.6 is 11.6 Å². The SMILES string of the molecule is CCNCc1coc(Oc2cncc(Cl)c2)n1. The first kappa shape index (κ1) is 11.9. The first-order valence-electron chi connectivity index (χ1n) is 5.21. The molecule has 2 heterocycles. The quantitative estimate of drug-likeness (QED) is 0.888. The summed E-state index contributed by atoms with van der Waals surface area (Å²) in [5.74, 6) is 0.495. The van der Waals surface area contributed by atoms with Gasteiger partial charge in [-0.05, 0) is 6.54 Å². The zero-order valence-electron chi connectivity index (χ0n) is 9.31. The molecule has 1 N–H and O–H groups in total. The molecule has 0 bridgehead atoms. The van der Waals surface area contributed by atoms with Crippen molar-refractivity contribution < 1.29 is 9.15 Å². The van der Waals surface area contributed by atoms with Crippen molar-refractivity contribution in [3.63, 3.8) is 0 Å². The monoisotopic (exact) mass is 253 g/mol. The molecular formula is C11H12ClN3O2. The minimum absolute atomic E-state index is 0.182. The third-order valence-corrected chi connectivity index (χ3v) is 2.18. The molecule has 2 aromatic rings. The van der Waals surface area contributed by atoms with Gasteiger partial charge in [0.15, 0.2) is 5.75 Å². The number of ether oxygens (including phenoxy) is 1. The van der Waals surface area contributed by atoms with Gasteiger partial charge >= 0.3 is 6.08 Å². The molecule has 0 radical (unpaired) electrons. The zero-order valence-corrected chi connectivity index (χ0v) is 10.1. The molecule has 0 atom stereocenters. The largest absolute Gasteiger partial charge is 0.417 e. The lowest BCUT2D eigenvalue weighted by atomic mass is 10.5. The van der Waals surface area contributed by atoms with E-state index >= 15 is 0 Å². The van der Waals surface area contributed by atoms with E-state index in [-0.39, 0.29) is 6.08 Å². The highest BCUT2D eigenvalue weighted by molar-refractivity contribution is 6.30. The highest BCUT2D eigenvalue weighted by atomic mass is 35.5. The highest BCUT2D eigenvalue weighted by Crippen LogP contribution is 2.22. The average molecular weight is 254 g/mol. The van der Waals surface area contributed by atoms with E-state index in [1.807, 2.05) is 6.92 Å². The standard InChI is InChI=1S/C11H12ClN3O2/c1-2-13-5-9-7-16-11(15-9)17-10-3-8(12)4-14-6-10/h3-4,6-7,13H,2,5H2,1H3. The van der Waals surface area contributed by atoms with Crippen LogP contribution < -0.4 is 10.1 Å². The second kappa shape index (κ2) is 5.65. The van der Waals surface area contributed by atoms with Crippen molar-refractivity contribution in [2.75, 3.05) is 6.54 Å². The van der Waals surface area contributed by atoms with Gasteiger partial charge in [0.05, 0.1) is 16.9 Å². The number of oxazole rings is 1. The molecule has 0 unspecified atom stereocenters. The number of aromatic nitrogens is 2. The molecule has 0 aliphatic rings. The molecule has 0 aliphatic heterocycles. The van der Waals surface area contributed by atoms with E-state index in [2.05, 4.69) is 15.3 Å². The van der Waals surface area contributed by atoms with Gasteiger partial charge in [-0.3, -0.25) is 4.98 Å². The second-order valence-corrected chi connectivity index (χ2v) is 3.76. The molecule has 2 rings (SSSR count). The molecular weight excluding hydrogens is 242 g/mol. The summed E-state index contributed by atoms with van der Waals surface area (Å²) in [6.07, 6.45) is 4.80. The number of hydrogen-bond acceptors (Lipinski definition) is 5. The minimum atomic E-state index is 0.182. The molecule has 2 aromatic heterocycles. The summed E-state index contributed by atoms with van der Waals surface area (Å²) >= 11 is 5.78. The summed E-state index contributed by atoms with van der Waals surface area (Å²) in [5, 5.41) is 3.64. The van der Waals surface area contributed by atoms with Crippen LogP contribution in [-0.4, -0.2) is 16.5 Å². The van der Waals surface area contributed by atoms with Crippen LogP contribution in [0.25, 0.3) is 0 Å². The van der Waals surface area contributed by atoms with Crippen molar-refractivity contribution in [1.82, 2.24) is 15.3 Å². The van der Waals surface area contributed by atoms with Crippen molar-refractivity contribution >= 4 is 11.6 Å². The van der Waals surface area contributed by atoms with E-state index in [1.54, 1.807) is 18.5 Å². The van der Waals surface area contributed by atoms with E-state index < -0.39 is 0 Å². The highest BCUT2D eigenvalue weighted by Gasteiger charge is 2.06. The normalized spacial score (nSPS) is 10.5.